The number of nitrogens with zero attached hydrogens (tertiary/aromatic N) is 3. The second-order valence-corrected chi connectivity index (χ2v) is 11.3. The summed E-state index contributed by atoms with van der Waals surface area (Å²) in [6.07, 6.45) is -3.78. The highest BCUT2D eigenvalue weighted by Gasteiger charge is 2.44. The number of alkyl halides is 4. The standard InChI is InChI=1S/C18H12ClF2N5O3S2.C2HF3O2/c1-31(28,29)15-13(21)12(19)11(7-5-22-26-14(7)15)9-2-3-10-17(23-9)30-18(24-10)25-16(27)6-4-8(6)20;3-2(4,5)1(6)7/h2-3,5-6,8H,4H2,1H3,(H,22,26)(H,24,25,27);(H,6,7)/t6-,8+;/m1./s1. The number of hydrogen-bond donors (Lipinski definition) is 3. The van der Waals surface area contributed by atoms with Crippen LogP contribution in [0.3, 0.4) is 0 Å². The van der Waals surface area contributed by atoms with Crippen LogP contribution in [0.25, 0.3) is 32.5 Å². The molecule has 3 heterocycles. The predicted molar refractivity (Wildman–Crippen MR) is 126 cm³/mol. The minimum atomic E-state index is -5.08. The molecule has 1 amide bonds. The van der Waals surface area contributed by atoms with Crippen molar-refractivity contribution in [2.24, 2.45) is 5.92 Å². The van der Waals surface area contributed by atoms with E-state index in [1.165, 1.54) is 6.20 Å². The van der Waals surface area contributed by atoms with Crippen molar-refractivity contribution in [3.05, 3.63) is 29.2 Å². The van der Waals surface area contributed by atoms with Crippen LogP contribution < -0.4 is 5.32 Å². The van der Waals surface area contributed by atoms with Crippen molar-refractivity contribution in [1.29, 1.82) is 0 Å². The van der Waals surface area contributed by atoms with E-state index < -0.39 is 55.7 Å². The molecule has 1 fully saturated rings. The predicted octanol–water partition coefficient (Wildman–Crippen LogP) is 4.36. The van der Waals surface area contributed by atoms with E-state index in [0.717, 1.165) is 17.6 Å². The van der Waals surface area contributed by atoms with E-state index in [1.54, 1.807) is 12.1 Å². The third-order valence-electron chi connectivity index (χ3n) is 5.15. The molecule has 18 heteroatoms. The molecule has 202 valence electrons. The zero-order chi connectivity index (χ0) is 28.2. The monoisotopic (exact) mass is 597 g/mol. The smallest absolute Gasteiger partial charge is 0.475 e. The third kappa shape index (κ3) is 5.39. The van der Waals surface area contributed by atoms with Gasteiger partial charge in [-0.05, 0) is 18.6 Å². The molecule has 3 aromatic heterocycles. The molecule has 1 aromatic carbocycles. The molecule has 38 heavy (non-hydrogen) atoms. The number of aliphatic carboxylic acids is 1. The Kier molecular flexibility index (Phi) is 7.04. The number of pyridine rings is 1. The SMILES string of the molecule is CS(=O)(=O)c1c(F)c(Cl)c(-c2ccc3nc(NC(=O)[C@@H]4C[C@@H]4F)sc3n2)c2cn[nH]c12.O=C(O)C(F)(F)F. The number of amides is 1. The quantitative estimate of drug-likeness (QED) is 0.293. The summed E-state index contributed by atoms with van der Waals surface area (Å²) >= 11 is 7.30. The van der Waals surface area contributed by atoms with E-state index in [9.17, 15) is 35.2 Å². The molecule has 4 aromatic rings. The highest BCUT2D eigenvalue weighted by atomic mass is 35.5. The highest BCUT2D eigenvalue weighted by Crippen LogP contribution is 2.41. The summed E-state index contributed by atoms with van der Waals surface area (Å²) in [6, 6.07) is 3.17. The van der Waals surface area contributed by atoms with E-state index >= 15 is 0 Å². The largest absolute Gasteiger partial charge is 0.490 e. The van der Waals surface area contributed by atoms with Crippen molar-refractivity contribution in [3.63, 3.8) is 0 Å². The van der Waals surface area contributed by atoms with Gasteiger partial charge in [0.25, 0.3) is 0 Å². The number of thiazole rings is 1. The van der Waals surface area contributed by atoms with Gasteiger partial charge in [-0.15, -0.1) is 0 Å². The fourth-order valence-electron chi connectivity index (χ4n) is 3.33. The number of aromatic amines is 1. The Morgan fingerprint density at radius 2 is 1.89 bits per heavy atom. The molecular formula is C20H13ClF5N5O5S2. The third-order valence-corrected chi connectivity index (χ3v) is 7.51. The lowest BCUT2D eigenvalue weighted by atomic mass is 10.1. The van der Waals surface area contributed by atoms with E-state index in [-0.39, 0.29) is 28.3 Å². The fraction of sp³-hybridized carbons (Fsp3) is 0.250. The van der Waals surface area contributed by atoms with Gasteiger partial charge in [0.2, 0.25) is 5.91 Å². The van der Waals surface area contributed by atoms with Crippen LogP contribution in [-0.2, 0) is 19.4 Å². The summed E-state index contributed by atoms with van der Waals surface area (Å²) in [4.78, 5) is 29.4. The van der Waals surface area contributed by atoms with Crippen LogP contribution in [0.5, 0.6) is 0 Å². The van der Waals surface area contributed by atoms with E-state index in [0.29, 0.717) is 15.7 Å². The lowest BCUT2D eigenvalue weighted by molar-refractivity contribution is -0.192. The van der Waals surface area contributed by atoms with Gasteiger partial charge in [-0.2, -0.15) is 18.3 Å². The average Bonchev–Trinajstić information content (AvgIpc) is 3.16. The number of carboxylic acid groups (broad SMARTS) is 1. The minimum absolute atomic E-state index is 0.0104. The summed E-state index contributed by atoms with van der Waals surface area (Å²) in [5.41, 5.74) is 0.915. The number of aromatic nitrogens is 4. The summed E-state index contributed by atoms with van der Waals surface area (Å²) in [5, 5.41) is 16.2. The number of carbonyl (C=O) groups is 2. The lowest BCUT2D eigenvalue weighted by Crippen LogP contribution is -2.21. The molecule has 5 rings (SSSR count). The second kappa shape index (κ2) is 9.70. The van der Waals surface area contributed by atoms with E-state index in [4.69, 9.17) is 21.5 Å². The number of sulfone groups is 1. The molecule has 1 saturated carbocycles. The molecule has 2 atom stereocenters. The van der Waals surface area contributed by atoms with Gasteiger partial charge in [0.05, 0.1) is 28.3 Å². The normalized spacial score (nSPS) is 17.2. The molecule has 0 unspecified atom stereocenters. The van der Waals surface area contributed by atoms with Crippen LogP contribution in [0, 0.1) is 11.7 Å². The molecule has 0 spiro atoms. The zero-order valence-electron chi connectivity index (χ0n) is 18.6. The molecule has 0 aliphatic heterocycles. The molecule has 0 bridgehead atoms. The number of anilines is 1. The molecular weight excluding hydrogens is 585 g/mol. The number of carbonyl (C=O) groups excluding carboxylic acids is 1. The Labute approximate surface area is 217 Å². The van der Waals surface area contributed by atoms with Crippen molar-refractivity contribution in [3.8, 4) is 11.3 Å². The second-order valence-electron chi connectivity index (χ2n) is 7.95. The van der Waals surface area contributed by atoms with Gasteiger partial charge >= 0.3 is 12.1 Å². The van der Waals surface area contributed by atoms with Crippen molar-refractivity contribution in [1.82, 2.24) is 20.2 Å². The Bertz CT molecular complexity index is 1710. The Hall–Kier alpha value is -3.44. The number of carboxylic acids is 1. The van der Waals surface area contributed by atoms with Gasteiger partial charge in [-0.1, -0.05) is 22.9 Å². The van der Waals surface area contributed by atoms with Crippen LogP contribution >= 0.6 is 22.9 Å². The minimum Gasteiger partial charge on any atom is -0.475 e. The first kappa shape index (κ1) is 27.6. The lowest BCUT2D eigenvalue weighted by Gasteiger charge is -2.10. The maximum absolute atomic E-state index is 15.0. The molecule has 0 saturated heterocycles. The number of rotatable bonds is 4. The molecule has 1 aliphatic carbocycles. The number of H-pyrrole nitrogens is 1. The van der Waals surface area contributed by atoms with Crippen LogP contribution in [0.1, 0.15) is 6.42 Å². The van der Waals surface area contributed by atoms with Crippen LogP contribution in [0.15, 0.2) is 23.2 Å². The van der Waals surface area contributed by atoms with Crippen LogP contribution in [0.4, 0.5) is 27.1 Å². The fourth-order valence-corrected chi connectivity index (χ4v) is 5.47. The summed E-state index contributed by atoms with van der Waals surface area (Å²) in [5.74, 6) is -4.94. The van der Waals surface area contributed by atoms with Crippen molar-refractivity contribution < 1.29 is 45.1 Å². The van der Waals surface area contributed by atoms with Crippen LogP contribution in [0.2, 0.25) is 5.02 Å². The summed E-state index contributed by atoms with van der Waals surface area (Å²) in [6.45, 7) is 0. The number of halogens is 6. The van der Waals surface area contributed by atoms with Crippen molar-refractivity contribution in [2.75, 3.05) is 11.6 Å². The number of nitrogens with one attached hydrogen (secondary N) is 2. The van der Waals surface area contributed by atoms with Gasteiger partial charge < -0.3 is 10.4 Å². The van der Waals surface area contributed by atoms with Crippen LogP contribution in [-0.4, -0.2) is 64.2 Å². The first-order chi connectivity index (χ1) is 17.6. The Morgan fingerprint density at radius 1 is 1.26 bits per heavy atom. The molecule has 0 radical (unpaired) electrons. The maximum Gasteiger partial charge on any atom is 0.490 e. The Morgan fingerprint density at radius 3 is 2.45 bits per heavy atom. The Balaban J connectivity index is 0.000000426. The molecule has 1 aliphatic rings. The van der Waals surface area contributed by atoms with Crippen molar-refractivity contribution in [2.45, 2.75) is 23.7 Å². The van der Waals surface area contributed by atoms with Gasteiger partial charge in [0, 0.05) is 17.2 Å². The van der Waals surface area contributed by atoms with Gasteiger partial charge in [0.15, 0.2) is 20.8 Å². The zero-order valence-corrected chi connectivity index (χ0v) is 21.0. The molecule has 10 nitrogen and oxygen atoms in total. The van der Waals surface area contributed by atoms with Crippen molar-refractivity contribution >= 4 is 71.0 Å². The van der Waals surface area contributed by atoms with Gasteiger partial charge in [-0.25, -0.2) is 32.0 Å². The summed E-state index contributed by atoms with van der Waals surface area (Å²) in [7, 11) is -3.93. The molecule has 3 N–H and O–H groups in total. The average molecular weight is 598 g/mol. The first-order valence-corrected chi connectivity index (χ1v) is 13.2. The summed E-state index contributed by atoms with van der Waals surface area (Å²) < 4.78 is 83.9. The van der Waals surface area contributed by atoms with Gasteiger partial charge in [0.1, 0.15) is 21.4 Å². The van der Waals surface area contributed by atoms with E-state index in [1.807, 2.05) is 0 Å². The number of benzene rings is 1. The first-order valence-electron chi connectivity index (χ1n) is 10.2. The highest BCUT2D eigenvalue weighted by molar-refractivity contribution is 7.91. The number of hydrogen-bond acceptors (Lipinski definition) is 8. The maximum atomic E-state index is 15.0. The topological polar surface area (TPSA) is 155 Å². The number of fused-ring (bicyclic) bond motifs is 2. The van der Waals surface area contributed by atoms with E-state index in [2.05, 4.69) is 25.5 Å². The van der Waals surface area contributed by atoms with Gasteiger partial charge in [-0.3, -0.25) is 9.89 Å².